The first-order valence-electron chi connectivity index (χ1n) is 7.09. The monoisotopic (exact) mass is 287 g/mol. The van der Waals surface area contributed by atoms with Gasteiger partial charge in [0, 0.05) is 37.6 Å². The molecular weight excluding hydrogens is 270 g/mol. The molecule has 2 saturated heterocycles. The number of rotatable bonds is 2. The number of hydrogen-bond donors (Lipinski definition) is 1. The lowest BCUT2D eigenvalue weighted by Gasteiger charge is -2.27. The summed E-state index contributed by atoms with van der Waals surface area (Å²) in [6, 6.07) is 4.92. The highest BCUT2D eigenvalue weighted by Gasteiger charge is 2.42. The maximum atomic E-state index is 12.4. The lowest BCUT2D eigenvalue weighted by Crippen LogP contribution is -2.45. The van der Waals surface area contributed by atoms with Gasteiger partial charge in [-0.1, -0.05) is 0 Å². The highest BCUT2D eigenvalue weighted by molar-refractivity contribution is 7.20. The molecule has 0 aromatic carbocycles. The molecule has 2 fully saturated rings. The van der Waals surface area contributed by atoms with Gasteiger partial charge in [-0.2, -0.15) is 0 Å². The summed E-state index contributed by atoms with van der Waals surface area (Å²) < 4.78 is 1.07. The zero-order chi connectivity index (χ0) is 13.7. The van der Waals surface area contributed by atoms with Gasteiger partial charge in [-0.25, -0.2) is 0 Å². The molecular formula is C15H17N3OS. The normalized spacial score (nSPS) is 31.9. The Morgan fingerprint density at radius 1 is 1.50 bits per heavy atom. The smallest absolute Gasteiger partial charge is 0.261 e. The predicted octanol–water partition coefficient (Wildman–Crippen LogP) is 2.12. The van der Waals surface area contributed by atoms with Gasteiger partial charge in [0.15, 0.2) is 0 Å². The van der Waals surface area contributed by atoms with Gasteiger partial charge < -0.3 is 5.32 Å². The number of hydrogen-bond acceptors (Lipinski definition) is 4. The lowest BCUT2D eigenvalue weighted by molar-refractivity contribution is 0.0923. The third-order valence-electron chi connectivity index (χ3n) is 4.60. The minimum atomic E-state index is 0.0672. The molecule has 2 aromatic rings. The van der Waals surface area contributed by atoms with E-state index in [1.165, 1.54) is 17.8 Å². The maximum absolute atomic E-state index is 12.4. The van der Waals surface area contributed by atoms with Crippen molar-refractivity contribution in [2.24, 2.45) is 5.92 Å². The molecule has 4 unspecified atom stereocenters. The molecule has 2 aromatic heterocycles. The first-order chi connectivity index (χ1) is 9.70. The van der Waals surface area contributed by atoms with Crippen molar-refractivity contribution in [1.29, 1.82) is 0 Å². The second-order valence-corrected chi connectivity index (χ2v) is 6.99. The molecule has 1 N–H and O–H groups in total. The van der Waals surface area contributed by atoms with E-state index in [-0.39, 0.29) is 5.91 Å². The second-order valence-electron chi connectivity index (χ2n) is 5.90. The molecule has 0 spiro atoms. The number of fused-ring (bicyclic) bond motifs is 3. The van der Waals surface area contributed by atoms with Crippen LogP contribution in [-0.4, -0.2) is 41.0 Å². The minimum Gasteiger partial charge on any atom is -0.347 e. The van der Waals surface area contributed by atoms with E-state index in [1.54, 1.807) is 6.20 Å². The van der Waals surface area contributed by atoms with Crippen LogP contribution in [0.5, 0.6) is 0 Å². The van der Waals surface area contributed by atoms with Gasteiger partial charge >= 0.3 is 0 Å². The Bertz CT molecular complexity index is 633. The van der Waals surface area contributed by atoms with Crippen LogP contribution in [0, 0.1) is 5.92 Å². The van der Waals surface area contributed by atoms with E-state index in [1.807, 2.05) is 18.3 Å². The SMILES string of the molecule is CC1CC2CN1CC2NC(=O)c1cc2ccncc2s1. The average Bonchev–Trinajstić information content (AvgIpc) is 3.10. The summed E-state index contributed by atoms with van der Waals surface area (Å²) in [5.41, 5.74) is 0. The van der Waals surface area contributed by atoms with Crippen molar-refractivity contribution in [2.45, 2.75) is 25.4 Å². The van der Waals surface area contributed by atoms with E-state index in [0.29, 0.717) is 18.0 Å². The highest BCUT2D eigenvalue weighted by Crippen LogP contribution is 2.33. The van der Waals surface area contributed by atoms with Crippen LogP contribution in [0.1, 0.15) is 23.0 Å². The molecule has 2 aliphatic rings. The summed E-state index contributed by atoms with van der Waals surface area (Å²) in [6.45, 7) is 4.42. The minimum absolute atomic E-state index is 0.0672. The molecule has 104 valence electrons. The molecule has 2 aliphatic heterocycles. The number of carbonyl (C=O) groups excluding carboxylic acids is 1. The standard InChI is InChI=1S/C15H17N3OS/c1-9-4-11-7-18(9)8-12(11)17-15(19)13-5-10-2-3-16-6-14(10)20-13/h2-3,5-6,9,11-12H,4,7-8H2,1H3,(H,17,19). The Kier molecular flexibility index (Phi) is 2.79. The largest absolute Gasteiger partial charge is 0.347 e. The third kappa shape index (κ3) is 1.93. The molecule has 0 saturated carbocycles. The Labute approximate surface area is 121 Å². The van der Waals surface area contributed by atoms with E-state index < -0.39 is 0 Å². The van der Waals surface area contributed by atoms with Crippen LogP contribution in [0.25, 0.3) is 10.1 Å². The number of pyridine rings is 1. The van der Waals surface area contributed by atoms with Crippen molar-refractivity contribution in [3.05, 3.63) is 29.4 Å². The van der Waals surface area contributed by atoms with Crippen molar-refractivity contribution < 1.29 is 4.79 Å². The van der Waals surface area contributed by atoms with Crippen molar-refractivity contribution in [2.75, 3.05) is 13.1 Å². The summed E-state index contributed by atoms with van der Waals surface area (Å²) in [4.78, 5) is 19.8. The van der Waals surface area contributed by atoms with Crippen LogP contribution >= 0.6 is 11.3 Å². The first kappa shape index (κ1) is 12.3. The Morgan fingerprint density at radius 3 is 3.10 bits per heavy atom. The number of thiophene rings is 1. The van der Waals surface area contributed by atoms with Crippen LogP contribution < -0.4 is 5.32 Å². The molecule has 1 amide bonds. The molecule has 0 aliphatic carbocycles. The fourth-order valence-corrected chi connectivity index (χ4v) is 4.42. The second kappa shape index (κ2) is 4.53. The van der Waals surface area contributed by atoms with Gasteiger partial charge in [-0.05, 0) is 36.8 Å². The highest BCUT2D eigenvalue weighted by atomic mass is 32.1. The topological polar surface area (TPSA) is 45.2 Å². The molecule has 2 bridgehead atoms. The summed E-state index contributed by atoms with van der Waals surface area (Å²) in [6.07, 6.45) is 4.80. The van der Waals surface area contributed by atoms with Gasteiger partial charge in [-0.15, -0.1) is 11.3 Å². The lowest BCUT2D eigenvalue weighted by atomic mass is 9.96. The van der Waals surface area contributed by atoms with Crippen molar-refractivity contribution in [1.82, 2.24) is 15.2 Å². The number of amides is 1. The number of carbonyl (C=O) groups is 1. The van der Waals surface area contributed by atoms with E-state index in [4.69, 9.17) is 0 Å². The van der Waals surface area contributed by atoms with Crippen molar-refractivity contribution >= 4 is 27.3 Å². The van der Waals surface area contributed by atoms with E-state index in [9.17, 15) is 4.79 Å². The average molecular weight is 287 g/mol. The predicted molar refractivity (Wildman–Crippen MR) is 80.0 cm³/mol. The maximum Gasteiger partial charge on any atom is 0.261 e. The Balaban J connectivity index is 1.51. The number of aromatic nitrogens is 1. The van der Waals surface area contributed by atoms with Crippen LogP contribution in [-0.2, 0) is 0 Å². The van der Waals surface area contributed by atoms with Crippen LogP contribution in [0.3, 0.4) is 0 Å². The van der Waals surface area contributed by atoms with Crippen molar-refractivity contribution in [3.63, 3.8) is 0 Å². The number of piperidine rings is 1. The first-order valence-corrected chi connectivity index (χ1v) is 7.91. The van der Waals surface area contributed by atoms with Gasteiger partial charge in [0.25, 0.3) is 5.91 Å². The van der Waals surface area contributed by atoms with Crippen LogP contribution in [0.15, 0.2) is 24.5 Å². The molecule has 4 heterocycles. The summed E-state index contributed by atoms with van der Waals surface area (Å²) in [5.74, 6) is 0.697. The van der Waals surface area contributed by atoms with E-state index in [0.717, 1.165) is 28.1 Å². The quantitative estimate of drug-likeness (QED) is 0.920. The summed E-state index contributed by atoms with van der Waals surface area (Å²) in [7, 11) is 0. The number of nitrogens with one attached hydrogen (secondary N) is 1. The van der Waals surface area contributed by atoms with E-state index >= 15 is 0 Å². The summed E-state index contributed by atoms with van der Waals surface area (Å²) in [5, 5.41) is 4.32. The fraction of sp³-hybridized carbons (Fsp3) is 0.467. The third-order valence-corrected chi connectivity index (χ3v) is 5.68. The Hall–Kier alpha value is -1.46. The van der Waals surface area contributed by atoms with Gasteiger partial charge in [0.1, 0.15) is 0 Å². The molecule has 4 nitrogen and oxygen atoms in total. The van der Waals surface area contributed by atoms with Gasteiger partial charge in [-0.3, -0.25) is 14.7 Å². The molecule has 4 rings (SSSR count). The summed E-state index contributed by atoms with van der Waals surface area (Å²) >= 11 is 1.52. The molecule has 0 radical (unpaired) electrons. The van der Waals surface area contributed by atoms with Gasteiger partial charge in [0.05, 0.1) is 9.58 Å². The zero-order valence-corrected chi connectivity index (χ0v) is 12.2. The molecule has 20 heavy (non-hydrogen) atoms. The molecule has 4 atom stereocenters. The Morgan fingerprint density at radius 2 is 2.40 bits per heavy atom. The fourth-order valence-electron chi connectivity index (χ4n) is 3.49. The molecule has 5 heteroatoms. The van der Waals surface area contributed by atoms with E-state index in [2.05, 4.69) is 22.1 Å². The van der Waals surface area contributed by atoms with Crippen molar-refractivity contribution in [3.8, 4) is 0 Å². The van der Waals surface area contributed by atoms with Gasteiger partial charge in [0.2, 0.25) is 0 Å². The van der Waals surface area contributed by atoms with Crippen LogP contribution in [0.2, 0.25) is 0 Å². The number of nitrogens with zero attached hydrogens (tertiary/aromatic N) is 2. The zero-order valence-electron chi connectivity index (χ0n) is 11.4. The van der Waals surface area contributed by atoms with Crippen LogP contribution in [0.4, 0.5) is 0 Å².